The lowest BCUT2D eigenvalue weighted by molar-refractivity contribution is -0.122. The van der Waals surface area contributed by atoms with E-state index in [-0.39, 0.29) is 24.8 Å². The molecule has 0 aliphatic carbocycles. The van der Waals surface area contributed by atoms with Gasteiger partial charge in [-0.15, -0.1) is 0 Å². The Labute approximate surface area is 184 Å². The summed E-state index contributed by atoms with van der Waals surface area (Å²) in [5, 5.41) is 3.37. The highest BCUT2D eigenvalue weighted by Crippen LogP contribution is 2.32. The second kappa shape index (κ2) is 9.91. The lowest BCUT2D eigenvalue weighted by atomic mass is 10.2. The molecule has 1 saturated heterocycles. The Bertz CT molecular complexity index is 943. The van der Waals surface area contributed by atoms with Gasteiger partial charge < -0.3 is 10.1 Å². The van der Waals surface area contributed by atoms with E-state index in [1.807, 2.05) is 31.2 Å². The van der Waals surface area contributed by atoms with Crippen LogP contribution in [0.3, 0.4) is 0 Å². The maximum absolute atomic E-state index is 12.7. The van der Waals surface area contributed by atoms with E-state index in [1.54, 1.807) is 30.3 Å². The molecular weight excluding hydrogens is 428 g/mol. The van der Waals surface area contributed by atoms with Crippen LogP contribution < -0.4 is 10.1 Å². The number of thiocarbonyl (C=S) groups is 1. The number of nitrogens with one attached hydrogen (secondary N) is 1. The van der Waals surface area contributed by atoms with Gasteiger partial charge in [0.2, 0.25) is 5.91 Å². The molecule has 1 heterocycles. The SMILES string of the molecule is CCOc1ccc(/C=C2/SC(=S)N(CCC(=O)Nc3ccc(Cl)cc3)C2=O)cc1. The van der Waals surface area contributed by atoms with E-state index in [0.717, 1.165) is 11.3 Å². The number of benzene rings is 2. The Morgan fingerprint density at radius 3 is 2.55 bits per heavy atom. The van der Waals surface area contributed by atoms with Gasteiger partial charge in [-0.1, -0.05) is 47.7 Å². The number of hydrogen-bond donors (Lipinski definition) is 1. The van der Waals surface area contributed by atoms with E-state index in [0.29, 0.717) is 26.5 Å². The van der Waals surface area contributed by atoms with Crippen molar-refractivity contribution in [2.75, 3.05) is 18.5 Å². The fourth-order valence-corrected chi connectivity index (χ4v) is 4.08. The van der Waals surface area contributed by atoms with Gasteiger partial charge in [-0.2, -0.15) is 0 Å². The van der Waals surface area contributed by atoms with Gasteiger partial charge in [0.1, 0.15) is 10.1 Å². The fourth-order valence-electron chi connectivity index (χ4n) is 2.64. The number of thioether (sulfide) groups is 1. The first-order valence-corrected chi connectivity index (χ1v) is 10.6. The maximum Gasteiger partial charge on any atom is 0.266 e. The Morgan fingerprint density at radius 2 is 1.90 bits per heavy atom. The predicted octanol–water partition coefficient (Wildman–Crippen LogP) is 4.97. The number of hydrogen-bond acceptors (Lipinski definition) is 5. The number of carbonyl (C=O) groups is 2. The summed E-state index contributed by atoms with van der Waals surface area (Å²) < 4.78 is 5.87. The van der Waals surface area contributed by atoms with Crippen LogP contribution in [0.5, 0.6) is 5.75 Å². The van der Waals surface area contributed by atoms with Crippen molar-refractivity contribution in [3.63, 3.8) is 0 Å². The van der Waals surface area contributed by atoms with Gasteiger partial charge in [-0.3, -0.25) is 14.5 Å². The summed E-state index contributed by atoms with van der Waals surface area (Å²) >= 11 is 12.4. The van der Waals surface area contributed by atoms with Crippen molar-refractivity contribution in [1.82, 2.24) is 4.90 Å². The summed E-state index contributed by atoms with van der Waals surface area (Å²) in [6, 6.07) is 14.3. The van der Waals surface area contributed by atoms with Crippen molar-refractivity contribution >= 4 is 63.5 Å². The van der Waals surface area contributed by atoms with E-state index >= 15 is 0 Å². The van der Waals surface area contributed by atoms with Gasteiger partial charge in [-0.05, 0) is 55.0 Å². The summed E-state index contributed by atoms with van der Waals surface area (Å²) in [6.07, 6.45) is 1.94. The molecular formula is C21H19ClN2O3S2. The Hall–Kier alpha value is -2.35. The van der Waals surface area contributed by atoms with Crippen molar-refractivity contribution in [1.29, 1.82) is 0 Å². The number of nitrogens with zero attached hydrogens (tertiary/aromatic N) is 1. The topological polar surface area (TPSA) is 58.6 Å². The highest BCUT2D eigenvalue weighted by Gasteiger charge is 2.32. The van der Waals surface area contributed by atoms with Crippen LogP contribution in [0.25, 0.3) is 6.08 Å². The van der Waals surface area contributed by atoms with Crippen LogP contribution in [-0.2, 0) is 9.59 Å². The van der Waals surface area contributed by atoms with Crippen molar-refractivity contribution in [2.45, 2.75) is 13.3 Å². The molecule has 150 valence electrons. The summed E-state index contributed by atoms with van der Waals surface area (Å²) in [6.45, 7) is 2.75. The molecule has 1 aliphatic rings. The van der Waals surface area contributed by atoms with E-state index in [4.69, 9.17) is 28.6 Å². The quantitative estimate of drug-likeness (QED) is 0.480. The first-order valence-electron chi connectivity index (χ1n) is 9.00. The molecule has 0 radical (unpaired) electrons. The van der Waals surface area contributed by atoms with Gasteiger partial charge in [-0.25, -0.2) is 0 Å². The molecule has 1 fully saturated rings. The molecule has 2 aromatic rings. The molecule has 0 atom stereocenters. The fraction of sp³-hybridized carbons (Fsp3) is 0.190. The molecule has 1 aliphatic heterocycles. The third-order valence-corrected chi connectivity index (χ3v) is 5.68. The van der Waals surface area contributed by atoms with E-state index in [9.17, 15) is 9.59 Å². The zero-order chi connectivity index (χ0) is 20.8. The third-order valence-electron chi connectivity index (χ3n) is 4.05. The molecule has 5 nitrogen and oxygen atoms in total. The second-order valence-electron chi connectivity index (χ2n) is 6.14. The summed E-state index contributed by atoms with van der Waals surface area (Å²) in [7, 11) is 0. The smallest absolute Gasteiger partial charge is 0.266 e. The largest absolute Gasteiger partial charge is 0.494 e. The van der Waals surface area contributed by atoms with Crippen molar-refractivity contribution in [2.24, 2.45) is 0 Å². The third kappa shape index (κ3) is 5.82. The molecule has 8 heteroatoms. The lowest BCUT2D eigenvalue weighted by Gasteiger charge is -2.14. The minimum atomic E-state index is -0.197. The first kappa shape index (κ1) is 21.4. The standard InChI is InChI=1S/C21H19ClN2O3S2/c1-2-27-17-9-3-14(4-10-17)13-18-20(26)24(21(28)29-18)12-11-19(25)23-16-7-5-15(22)6-8-16/h3-10,13H,2,11-12H2,1H3,(H,23,25)/b18-13+. The van der Waals surface area contributed by atoms with Crippen LogP contribution in [0, 0.1) is 0 Å². The van der Waals surface area contributed by atoms with Crippen LogP contribution in [0.4, 0.5) is 5.69 Å². The van der Waals surface area contributed by atoms with Crippen LogP contribution in [0.2, 0.25) is 5.02 Å². The molecule has 0 unspecified atom stereocenters. The van der Waals surface area contributed by atoms with E-state index < -0.39 is 0 Å². The zero-order valence-electron chi connectivity index (χ0n) is 15.7. The predicted molar refractivity (Wildman–Crippen MR) is 122 cm³/mol. The average Bonchev–Trinajstić information content (AvgIpc) is 2.96. The molecule has 0 spiro atoms. The Morgan fingerprint density at radius 1 is 1.21 bits per heavy atom. The molecule has 29 heavy (non-hydrogen) atoms. The second-order valence-corrected chi connectivity index (χ2v) is 8.25. The number of carbonyl (C=O) groups excluding carboxylic acids is 2. The minimum Gasteiger partial charge on any atom is -0.494 e. The van der Waals surface area contributed by atoms with Crippen LogP contribution >= 0.6 is 35.6 Å². The number of amides is 2. The lowest BCUT2D eigenvalue weighted by Crippen LogP contribution is -2.31. The van der Waals surface area contributed by atoms with Gasteiger partial charge in [0.25, 0.3) is 5.91 Å². The van der Waals surface area contributed by atoms with Crippen LogP contribution in [0.15, 0.2) is 53.4 Å². The highest BCUT2D eigenvalue weighted by molar-refractivity contribution is 8.26. The van der Waals surface area contributed by atoms with Crippen molar-refractivity contribution in [3.05, 3.63) is 64.0 Å². The Balaban J connectivity index is 1.58. The number of ether oxygens (including phenoxy) is 1. The van der Waals surface area contributed by atoms with Crippen molar-refractivity contribution < 1.29 is 14.3 Å². The minimum absolute atomic E-state index is 0.144. The molecule has 2 aromatic carbocycles. The molecule has 0 saturated carbocycles. The highest BCUT2D eigenvalue weighted by atomic mass is 35.5. The van der Waals surface area contributed by atoms with E-state index in [1.165, 1.54) is 16.7 Å². The monoisotopic (exact) mass is 446 g/mol. The average molecular weight is 447 g/mol. The maximum atomic E-state index is 12.7. The summed E-state index contributed by atoms with van der Waals surface area (Å²) in [4.78, 5) is 26.8. The van der Waals surface area contributed by atoms with Gasteiger partial charge in [0, 0.05) is 23.7 Å². The Kier molecular flexibility index (Phi) is 7.30. The number of rotatable bonds is 7. The van der Waals surface area contributed by atoms with Gasteiger partial charge >= 0.3 is 0 Å². The normalized spacial score (nSPS) is 15.1. The van der Waals surface area contributed by atoms with Crippen molar-refractivity contribution in [3.8, 4) is 5.75 Å². The molecule has 0 bridgehead atoms. The molecule has 3 rings (SSSR count). The molecule has 2 amide bonds. The first-order chi connectivity index (χ1) is 14.0. The molecule has 0 aromatic heterocycles. The summed E-state index contributed by atoms with van der Waals surface area (Å²) in [5.74, 6) is 0.397. The van der Waals surface area contributed by atoms with Crippen LogP contribution in [-0.4, -0.2) is 34.2 Å². The zero-order valence-corrected chi connectivity index (χ0v) is 18.1. The van der Waals surface area contributed by atoms with Gasteiger partial charge in [0.05, 0.1) is 11.5 Å². The summed E-state index contributed by atoms with van der Waals surface area (Å²) in [5.41, 5.74) is 1.54. The van der Waals surface area contributed by atoms with Crippen LogP contribution in [0.1, 0.15) is 18.9 Å². The van der Waals surface area contributed by atoms with E-state index in [2.05, 4.69) is 5.32 Å². The number of anilines is 1. The molecule has 1 N–H and O–H groups in total. The number of halogens is 1. The van der Waals surface area contributed by atoms with Gasteiger partial charge in [0.15, 0.2) is 0 Å².